The van der Waals surface area contributed by atoms with Gasteiger partial charge in [-0.2, -0.15) is 0 Å². The minimum absolute atomic E-state index is 1.08. The summed E-state index contributed by atoms with van der Waals surface area (Å²) in [5.41, 5.74) is 3.52. The molecule has 0 amide bonds. The first-order valence-corrected chi connectivity index (χ1v) is 7.87. The van der Waals surface area contributed by atoms with Gasteiger partial charge in [-0.1, -0.05) is 32.8 Å². The van der Waals surface area contributed by atoms with Crippen LogP contribution in [0.5, 0.6) is 0 Å². The van der Waals surface area contributed by atoms with E-state index >= 15 is 0 Å². The van der Waals surface area contributed by atoms with Crippen molar-refractivity contribution in [2.75, 3.05) is 18.0 Å². The molecule has 2 nitrogen and oxygen atoms in total. The Kier molecular flexibility index (Phi) is 5.40. The van der Waals surface area contributed by atoms with Crippen molar-refractivity contribution in [3.8, 4) is 0 Å². The Morgan fingerprint density at radius 3 is 2.30 bits per heavy atom. The van der Waals surface area contributed by atoms with E-state index in [9.17, 15) is 0 Å². The number of nitrogens with zero attached hydrogens (tertiary/aromatic N) is 2. The van der Waals surface area contributed by atoms with Crippen LogP contribution >= 0.6 is 0 Å². The molecule has 0 fully saturated rings. The first-order valence-electron chi connectivity index (χ1n) is 7.87. The number of aryl methyl sites for hydroxylation is 1. The Labute approximate surface area is 122 Å². The summed E-state index contributed by atoms with van der Waals surface area (Å²) in [4.78, 5) is 7.10. The summed E-state index contributed by atoms with van der Waals surface area (Å²) in [7, 11) is 0. The van der Waals surface area contributed by atoms with Crippen molar-refractivity contribution in [1.29, 1.82) is 0 Å². The van der Waals surface area contributed by atoms with Gasteiger partial charge in [0.15, 0.2) is 0 Å². The smallest absolute Gasteiger partial charge is 0.0706 e. The van der Waals surface area contributed by atoms with Gasteiger partial charge in [0, 0.05) is 29.9 Å². The van der Waals surface area contributed by atoms with Crippen LogP contribution < -0.4 is 4.90 Å². The maximum absolute atomic E-state index is 4.58. The molecule has 0 aliphatic heterocycles. The number of rotatable bonds is 7. The number of benzene rings is 1. The van der Waals surface area contributed by atoms with Crippen LogP contribution in [0.15, 0.2) is 30.3 Å². The highest BCUT2D eigenvalue weighted by atomic mass is 15.1. The van der Waals surface area contributed by atoms with Gasteiger partial charge in [-0.15, -0.1) is 0 Å². The van der Waals surface area contributed by atoms with Crippen LogP contribution in [0.2, 0.25) is 0 Å². The van der Waals surface area contributed by atoms with E-state index in [1.54, 1.807) is 0 Å². The third-order valence-electron chi connectivity index (χ3n) is 3.74. The van der Waals surface area contributed by atoms with E-state index in [-0.39, 0.29) is 0 Å². The molecule has 1 heterocycles. The van der Waals surface area contributed by atoms with Crippen molar-refractivity contribution in [2.24, 2.45) is 0 Å². The molecule has 0 aliphatic rings. The Morgan fingerprint density at radius 1 is 0.950 bits per heavy atom. The lowest BCUT2D eigenvalue weighted by molar-refractivity contribution is 0.678. The molecule has 0 saturated heterocycles. The normalized spacial score (nSPS) is 10.9. The molecule has 108 valence electrons. The van der Waals surface area contributed by atoms with Crippen LogP contribution in [0.1, 0.15) is 45.2 Å². The fourth-order valence-electron chi connectivity index (χ4n) is 2.48. The summed E-state index contributed by atoms with van der Waals surface area (Å²) in [5.74, 6) is 0. The molecule has 2 heteroatoms. The van der Waals surface area contributed by atoms with Crippen LogP contribution in [0.3, 0.4) is 0 Å². The predicted octanol–water partition coefficient (Wildman–Crippen LogP) is 4.95. The zero-order valence-electron chi connectivity index (χ0n) is 13.0. The molecule has 1 aromatic heterocycles. The number of anilines is 1. The third kappa shape index (κ3) is 3.72. The minimum atomic E-state index is 1.08. The SMILES string of the molecule is CCCCN(CCCC)c1ccc2nc(C)ccc2c1. The van der Waals surface area contributed by atoms with Crippen molar-refractivity contribution >= 4 is 16.6 Å². The van der Waals surface area contributed by atoms with Gasteiger partial charge >= 0.3 is 0 Å². The standard InChI is InChI=1S/C18H26N2/c1-4-6-12-20(13-7-5-2)17-10-11-18-16(14-17)9-8-15(3)19-18/h8-11,14H,4-7,12-13H2,1-3H3. The van der Waals surface area contributed by atoms with Crippen LogP contribution in [0.25, 0.3) is 10.9 Å². The molecular formula is C18H26N2. The van der Waals surface area contributed by atoms with Gasteiger partial charge in [-0.05, 0) is 44.0 Å². The van der Waals surface area contributed by atoms with Crippen LogP contribution in [-0.4, -0.2) is 18.1 Å². The van der Waals surface area contributed by atoms with Crippen molar-refractivity contribution in [1.82, 2.24) is 4.98 Å². The molecule has 2 rings (SSSR count). The maximum atomic E-state index is 4.58. The van der Waals surface area contributed by atoms with Gasteiger partial charge in [-0.25, -0.2) is 0 Å². The van der Waals surface area contributed by atoms with Crippen LogP contribution in [0, 0.1) is 6.92 Å². The number of aromatic nitrogens is 1. The number of fused-ring (bicyclic) bond motifs is 1. The summed E-state index contributed by atoms with van der Waals surface area (Å²) in [6, 6.07) is 10.9. The zero-order valence-corrected chi connectivity index (χ0v) is 13.0. The lowest BCUT2D eigenvalue weighted by Crippen LogP contribution is -2.25. The van der Waals surface area contributed by atoms with Crippen molar-refractivity contribution < 1.29 is 0 Å². The summed E-state index contributed by atoms with van der Waals surface area (Å²) >= 11 is 0. The van der Waals surface area contributed by atoms with Crippen molar-refractivity contribution in [3.05, 3.63) is 36.0 Å². The van der Waals surface area contributed by atoms with E-state index in [1.807, 2.05) is 6.92 Å². The maximum Gasteiger partial charge on any atom is 0.0706 e. The lowest BCUT2D eigenvalue weighted by atomic mass is 10.1. The van der Waals surface area contributed by atoms with E-state index in [0.29, 0.717) is 0 Å². The Balaban J connectivity index is 2.24. The first-order chi connectivity index (χ1) is 9.74. The summed E-state index contributed by atoms with van der Waals surface area (Å²) in [6.07, 6.45) is 5.01. The monoisotopic (exact) mass is 270 g/mol. The van der Waals surface area contributed by atoms with E-state index in [1.165, 1.54) is 36.8 Å². The molecule has 2 aromatic rings. The first kappa shape index (κ1) is 14.8. The Bertz CT molecular complexity index is 540. The number of hydrogen-bond acceptors (Lipinski definition) is 2. The molecule has 0 aliphatic carbocycles. The molecule has 0 atom stereocenters. The Hall–Kier alpha value is -1.57. The quantitative estimate of drug-likeness (QED) is 0.707. The zero-order chi connectivity index (χ0) is 14.4. The van der Waals surface area contributed by atoms with Gasteiger partial charge in [0.1, 0.15) is 0 Å². The predicted molar refractivity (Wildman–Crippen MR) is 88.5 cm³/mol. The van der Waals surface area contributed by atoms with Crippen molar-refractivity contribution in [3.63, 3.8) is 0 Å². The summed E-state index contributed by atoms with van der Waals surface area (Å²) in [6.45, 7) is 8.86. The summed E-state index contributed by atoms with van der Waals surface area (Å²) in [5, 5.41) is 1.24. The minimum Gasteiger partial charge on any atom is -0.372 e. The lowest BCUT2D eigenvalue weighted by Gasteiger charge is -2.25. The number of hydrogen-bond donors (Lipinski definition) is 0. The largest absolute Gasteiger partial charge is 0.372 e. The van der Waals surface area contributed by atoms with Gasteiger partial charge in [0.25, 0.3) is 0 Å². The highest BCUT2D eigenvalue weighted by molar-refractivity contribution is 5.82. The molecule has 0 saturated carbocycles. The van der Waals surface area contributed by atoms with Gasteiger partial charge < -0.3 is 4.90 Å². The molecular weight excluding hydrogens is 244 g/mol. The second-order valence-corrected chi connectivity index (χ2v) is 5.52. The topological polar surface area (TPSA) is 16.1 Å². The molecule has 0 unspecified atom stereocenters. The summed E-state index contributed by atoms with van der Waals surface area (Å²) < 4.78 is 0. The van der Waals surface area contributed by atoms with E-state index in [2.05, 4.69) is 54.1 Å². The van der Waals surface area contributed by atoms with Crippen LogP contribution in [-0.2, 0) is 0 Å². The van der Waals surface area contributed by atoms with Crippen LogP contribution in [0.4, 0.5) is 5.69 Å². The second kappa shape index (κ2) is 7.28. The number of pyridine rings is 1. The highest BCUT2D eigenvalue weighted by Crippen LogP contribution is 2.22. The highest BCUT2D eigenvalue weighted by Gasteiger charge is 2.07. The van der Waals surface area contributed by atoms with E-state index in [4.69, 9.17) is 0 Å². The molecule has 1 aromatic carbocycles. The average Bonchev–Trinajstić information content (AvgIpc) is 2.47. The second-order valence-electron chi connectivity index (χ2n) is 5.52. The molecule has 0 bridgehead atoms. The molecule has 0 radical (unpaired) electrons. The molecule has 20 heavy (non-hydrogen) atoms. The average molecular weight is 270 g/mol. The fourth-order valence-corrected chi connectivity index (χ4v) is 2.48. The number of unbranched alkanes of at least 4 members (excludes halogenated alkanes) is 2. The molecule has 0 spiro atoms. The van der Waals surface area contributed by atoms with E-state index < -0.39 is 0 Å². The van der Waals surface area contributed by atoms with Gasteiger partial charge in [-0.3, -0.25) is 4.98 Å². The van der Waals surface area contributed by atoms with Crippen molar-refractivity contribution in [2.45, 2.75) is 46.5 Å². The van der Waals surface area contributed by atoms with Gasteiger partial charge in [0.05, 0.1) is 5.52 Å². The van der Waals surface area contributed by atoms with Gasteiger partial charge in [0.2, 0.25) is 0 Å². The Morgan fingerprint density at radius 2 is 1.65 bits per heavy atom. The fraction of sp³-hybridized carbons (Fsp3) is 0.500. The molecule has 0 N–H and O–H groups in total. The third-order valence-corrected chi connectivity index (χ3v) is 3.74. The van der Waals surface area contributed by atoms with E-state index in [0.717, 1.165) is 24.3 Å².